The van der Waals surface area contributed by atoms with Gasteiger partial charge in [0, 0.05) is 36.7 Å². The molecular formula is C16H25NO3. The standard InChI is InChI=1S/C16H25NO3/c1-20-14-6-5-13(15(19)9-14)10-17-11-16(12-18)7-3-2-4-8-16/h5-6,9,17-19H,2-4,7-8,10-12H2,1H3. The summed E-state index contributed by atoms with van der Waals surface area (Å²) in [6.45, 7) is 1.65. The second-order valence-electron chi connectivity index (χ2n) is 5.82. The first kappa shape index (κ1) is 15.1. The summed E-state index contributed by atoms with van der Waals surface area (Å²) in [7, 11) is 1.58. The van der Waals surface area contributed by atoms with Gasteiger partial charge in [0.05, 0.1) is 7.11 Å². The number of methoxy groups -OCH3 is 1. The van der Waals surface area contributed by atoms with Crippen molar-refractivity contribution < 1.29 is 14.9 Å². The van der Waals surface area contributed by atoms with Crippen LogP contribution in [-0.2, 0) is 6.54 Å². The van der Waals surface area contributed by atoms with Crippen molar-refractivity contribution in [3.63, 3.8) is 0 Å². The van der Waals surface area contributed by atoms with Gasteiger partial charge in [-0.1, -0.05) is 25.3 Å². The quantitative estimate of drug-likeness (QED) is 0.748. The molecule has 1 aromatic rings. The maximum Gasteiger partial charge on any atom is 0.123 e. The third-order valence-electron chi connectivity index (χ3n) is 4.36. The SMILES string of the molecule is COc1ccc(CNCC2(CO)CCCCC2)c(O)c1. The van der Waals surface area contributed by atoms with E-state index in [1.54, 1.807) is 13.2 Å². The minimum Gasteiger partial charge on any atom is -0.507 e. The fraction of sp³-hybridized carbons (Fsp3) is 0.625. The molecule has 0 spiro atoms. The third-order valence-corrected chi connectivity index (χ3v) is 4.36. The molecule has 0 amide bonds. The van der Waals surface area contributed by atoms with Crippen molar-refractivity contribution in [3.8, 4) is 11.5 Å². The van der Waals surface area contributed by atoms with Gasteiger partial charge in [0.25, 0.3) is 0 Å². The molecule has 2 rings (SSSR count). The van der Waals surface area contributed by atoms with Crippen LogP contribution in [-0.4, -0.2) is 30.5 Å². The Morgan fingerprint density at radius 3 is 2.60 bits per heavy atom. The molecule has 0 heterocycles. The van der Waals surface area contributed by atoms with Gasteiger partial charge < -0.3 is 20.3 Å². The van der Waals surface area contributed by atoms with Gasteiger partial charge in [0.2, 0.25) is 0 Å². The van der Waals surface area contributed by atoms with Crippen LogP contribution < -0.4 is 10.1 Å². The minimum absolute atomic E-state index is 0.0281. The molecule has 0 saturated heterocycles. The van der Waals surface area contributed by atoms with Gasteiger partial charge in [0.1, 0.15) is 11.5 Å². The largest absolute Gasteiger partial charge is 0.507 e. The van der Waals surface area contributed by atoms with Crippen molar-refractivity contribution in [2.24, 2.45) is 5.41 Å². The summed E-state index contributed by atoms with van der Waals surface area (Å²) in [5.74, 6) is 0.906. The minimum atomic E-state index is 0.0281. The fourth-order valence-corrected chi connectivity index (χ4v) is 2.98. The molecule has 1 aliphatic rings. The molecule has 20 heavy (non-hydrogen) atoms. The van der Waals surface area contributed by atoms with Gasteiger partial charge in [0.15, 0.2) is 0 Å². The van der Waals surface area contributed by atoms with E-state index in [0.717, 1.165) is 24.9 Å². The monoisotopic (exact) mass is 279 g/mol. The molecule has 0 aliphatic heterocycles. The third kappa shape index (κ3) is 3.64. The lowest BCUT2D eigenvalue weighted by molar-refractivity contribution is 0.0810. The van der Waals surface area contributed by atoms with Crippen molar-refractivity contribution in [3.05, 3.63) is 23.8 Å². The number of rotatable bonds is 6. The van der Waals surface area contributed by atoms with Gasteiger partial charge in [-0.25, -0.2) is 0 Å². The summed E-state index contributed by atoms with van der Waals surface area (Å²) < 4.78 is 5.07. The summed E-state index contributed by atoms with van der Waals surface area (Å²) in [5.41, 5.74) is 0.884. The lowest BCUT2D eigenvalue weighted by Gasteiger charge is -2.35. The second kappa shape index (κ2) is 6.95. The summed E-state index contributed by atoms with van der Waals surface area (Å²) in [4.78, 5) is 0. The highest BCUT2D eigenvalue weighted by atomic mass is 16.5. The Balaban J connectivity index is 1.88. The van der Waals surface area contributed by atoms with E-state index in [9.17, 15) is 10.2 Å². The Kier molecular flexibility index (Phi) is 5.26. The molecule has 0 atom stereocenters. The number of phenolic OH excluding ortho intramolecular Hbond substituents is 1. The van der Waals surface area contributed by atoms with Crippen LogP contribution in [0.5, 0.6) is 11.5 Å². The number of phenols is 1. The highest BCUT2D eigenvalue weighted by Gasteiger charge is 2.30. The van der Waals surface area contributed by atoms with E-state index in [1.165, 1.54) is 19.3 Å². The van der Waals surface area contributed by atoms with Crippen LogP contribution in [0.15, 0.2) is 18.2 Å². The van der Waals surface area contributed by atoms with Gasteiger partial charge in [-0.3, -0.25) is 0 Å². The van der Waals surface area contributed by atoms with E-state index < -0.39 is 0 Å². The topological polar surface area (TPSA) is 61.7 Å². The van der Waals surface area contributed by atoms with Crippen molar-refractivity contribution in [1.29, 1.82) is 0 Å². The zero-order valence-electron chi connectivity index (χ0n) is 12.2. The van der Waals surface area contributed by atoms with Crippen molar-refractivity contribution in [2.75, 3.05) is 20.3 Å². The number of hydrogen-bond acceptors (Lipinski definition) is 4. The van der Waals surface area contributed by atoms with Crippen LogP contribution in [0, 0.1) is 5.41 Å². The Morgan fingerprint density at radius 2 is 2.00 bits per heavy atom. The molecule has 112 valence electrons. The van der Waals surface area contributed by atoms with E-state index in [4.69, 9.17) is 4.74 Å². The first-order valence-corrected chi connectivity index (χ1v) is 7.37. The summed E-state index contributed by atoms with van der Waals surface area (Å²) >= 11 is 0. The van der Waals surface area contributed by atoms with E-state index in [2.05, 4.69) is 5.32 Å². The van der Waals surface area contributed by atoms with Crippen molar-refractivity contribution in [2.45, 2.75) is 38.6 Å². The Bertz CT molecular complexity index is 428. The van der Waals surface area contributed by atoms with Crippen LogP contribution in [0.4, 0.5) is 0 Å². The molecule has 1 aliphatic carbocycles. The molecular weight excluding hydrogens is 254 g/mol. The molecule has 1 aromatic carbocycles. The molecule has 0 aromatic heterocycles. The first-order valence-electron chi connectivity index (χ1n) is 7.37. The highest BCUT2D eigenvalue weighted by Crippen LogP contribution is 2.35. The lowest BCUT2D eigenvalue weighted by atomic mass is 9.74. The number of benzene rings is 1. The predicted molar refractivity (Wildman–Crippen MR) is 79.0 cm³/mol. The highest BCUT2D eigenvalue weighted by molar-refractivity contribution is 5.39. The van der Waals surface area contributed by atoms with Gasteiger partial charge >= 0.3 is 0 Å². The van der Waals surface area contributed by atoms with Crippen LogP contribution in [0.2, 0.25) is 0 Å². The summed E-state index contributed by atoms with van der Waals surface area (Å²) in [6.07, 6.45) is 5.86. The average Bonchev–Trinajstić information content (AvgIpc) is 2.50. The average molecular weight is 279 g/mol. The molecule has 4 heteroatoms. The molecule has 0 radical (unpaired) electrons. The molecule has 1 saturated carbocycles. The van der Waals surface area contributed by atoms with E-state index in [1.807, 2.05) is 12.1 Å². The number of ether oxygens (including phenoxy) is 1. The van der Waals surface area contributed by atoms with Crippen LogP contribution >= 0.6 is 0 Å². The number of aliphatic hydroxyl groups excluding tert-OH is 1. The molecule has 3 N–H and O–H groups in total. The Hall–Kier alpha value is -1.26. The first-order chi connectivity index (χ1) is 9.69. The molecule has 0 unspecified atom stereocenters. The van der Waals surface area contributed by atoms with Crippen molar-refractivity contribution >= 4 is 0 Å². The smallest absolute Gasteiger partial charge is 0.123 e. The Morgan fingerprint density at radius 1 is 1.25 bits per heavy atom. The van der Waals surface area contributed by atoms with E-state index >= 15 is 0 Å². The molecule has 0 bridgehead atoms. The lowest BCUT2D eigenvalue weighted by Crippen LogP contribution is -2.38. The van der Waals surface area contributed by atoms with Gasteiger partial charge in [-0.15, -0.1) is 0 Å². The van der Waals surface area contributed by atoms with Crippen molar-refractivity contribution in [1.82, 2.24) is 5.32 Å². The number of nitrogens with one attached hydrogen (secondary N) is 1. The number of aromatic hydroxyl groups is 1. The normalized spacial score (nSPS) is 17.9. The number of hydrogen-bond donors (Lipinski definition) is 3. The van der Waals surface area contributed by atoms with Crippen LogP contribution in [0.3, 0.4) is 0 Å². The summed E-state index contributed by atoms with van der Waals surface area (Å²) in [6, 6.07) is 5.34. The zero-order valence-corrected chi connectivity index (χ0v) is 12.2. The maximum atomic E-state index is 9.91. The van der Waals surface area contributed by atoms with Gasteiger partial charge in [-0.05, 0) is 18.9 Å². The fourth-order valence-electron chi connectivity index (χ4n) is 2.98. The van der Waals surface area contributed by atoms with E-state index in [-0.39, 0.29) is 17.8 Å². The zero-order chi connectivity index (χ0) is 14.4. The van der Waals surface area contributed by atoms with E-state index in [0.29, 0.717) is 12.3 Å². The second-order valence-corrected chi connectivity index (χ2v) is 5.82. The van der Waals surface area contributed by atoms with Crippen LogP contribution in [0.1, 0.15) is 37.7 Å². The Labute approximate surface area is 120 Å². The summed E-state index contributed by atoms with van der Waals surface area (Å²) in [5, 5.41) is 22.9. The maximum absolute atomic E-state index is 9.91. The number of aliphatic hydroxyl groups is 1. The van der Waals surface area contributed by atoms with Gasteiger partial charge in [-0.2, -0.15) is 0 Å². The molecule has 1 fully saturated rings. The molecule has 4 nitrogen and oxygen atoms in total. The predicted octanol–water partition coefficient (Wildman–Crippen LogP) is 2.43. The van der Waals surface area contributed by atoms with Crippen LogP contribution in [0.25, 0.3) is 0 Å².